The zero-order valence-corrected chi connectivity index (χ0v) is 16.3. The Morgan fingerprint density at radius 1 is 1.15 bits per heavy atom. The summed E-state index contributed by atoms with van der Waals surface area (Å²) in [6, 6.07) is 7.78. The highest BCUT2D eigenvalue weighted by Gasteiger charge is 2.30. The highest BCUT2D eigenvalue weighted by Crippen LogP contribution is 2.29. The quantitative estimate of drug-likeness (QED) is 0.292. The van der Waals surface area contributed by atoms with E-state index in [1.165, 1.54) is 24.4 Å². The van der Waals surface area contributed by atoms with Crippen LogP contribution in [0.3, 0.4) is 0 Å². The average molecular weight is 482 g/mol. The van der Waals surface area contributed by atoms with Crippen molar-refractivity contribution in [2.75, 3.05) is 6.54 Å². The predicted molar refractivity (Wildman–Crippen MR) is 103 cm³/mol. The molecule has 0 aliphatic rings. The number of nitrogens with zero attached hydrogens (tertiary/aromatic N) is 2. The van der Waals surface area contributed by atoms with E-state index in [9.17, 15) is 17.6 Å². The monoisotopic (exact) mass is 482 g/mol. The van der Waals surface area contributed by atoms with E-state index in [-0.39, 0.29) is 42.8 Å². The Morgan fingerprint density at radius 3 is 2.58 bits per heavy atom. The maximum Gasteiger partial charge on any atom is 0.416 e. The lowest BCUT2D eigenvalue weighted by atomic mass is 10.1. The Balaban J connectivity index is 0.00000338. The van der Waals surface area contributed by atoms with Crippen LogP contribution in [0.15, 0.2) is 47.6 Å². The van der Waals surface area contributed by atoms with Gasteiger partial charge in [0.25, 0.3) is 0 Å². The van der Waals surface area contributed by atoms with Gasteiger partial charge in [0.2, 0.25) is 0 Å². The summed E-state index contributed by atoms with van der Waals surface area (Å²) < 4.78 is 51.8. The maximum absolute atomic E-state index is 13.6. The second-order valence-corrected chi connectivity index (χ2v) is 5.18. The van der Waals surface area contributed by atoms with Crippen LogP contribution in [0.5, 0.6) is 0 Å². The van der Waals surface area contributed by atoms with Gasteiger partial charge in [0, 0.05) is 12.7 Å². The van der Waals surface area contributed by atoms with Crippen LogP contribution >= 0.6 is 24.0 Å². The van der Waals surface area contributed by atoms with Gasteiger partial charge in [0.05, 0.1) is 24.3 Å². The molecule has 2 aromatic rings. The molecule has 0 unspecified atom stereocenters. The van der Waals surface area contributed by atoms with Gasteiger partial charge in [-0.3, -0.25) is 4.98 Å². The van der Waals surface area contributed by atoms with E-state index < -0.39 is 17.6 Å². The van der Waals surface area contributed by atoms with Crippen LogP contribution in [0.25, 0.3) is 0 Å². The van der Waals surface area contributed by atoms with Gasteiger partial charge in [-0.2, -0.15) is 13.2 Å². The van der Waals surface area contributed by atoms with Crippen molar-refractivity contribution in [3.8, 4) is 0 Å². The fraction of sp³-hybridized carbons (Fsp3) is 0.294. The largest absolute Gasteiger partial charge is 0.416 e. The van der Waals surface area contributed by atoms with Crippen molar-refractivity contribution in [3.63, 3.8) is 0 Å². The van der Waals surface area contributed by atoms with E-state index in [1.807, 2.05) is 6.92 Å². The summed E-state index contributed by atoms with van der Waals surface area (Å²) in [7, 11) is 0. The van der Waals surface area contributed by atoms with Gasteiger partial charge in [-0.1, -0.05) is 12.1 Å². The minimum absolute atomic E-state index is 0. The molecule has 0 saturated heterocycles. The molecular formula is C17H19F4IN4. The van der Waals surface area contributed by atoms with Crippen LogP contribution in [0, 0.1) is 5.82 Å². The molecule has 26 heavy (non-hydrogen) atoms. The molecule has 0 aliphatic carbocycles. The molecule has 0 saturated carbocycles. The first-order chi connectivity index (χ1) is 11.9. The third-order valence-corrected chi connectivity index (χ3v) is 3.28. The van der Waals surface area contributed by atoms with Gasteiger partial charge in [-0.15, -0.1) is 24.0 Å². The predicted octanol–water partition coefficient (Wildman–Crippen LogP) is 4.11. The molecule has 0 amide bonds. The summed E-state index contributed by atoms with van der Waals surface area (Å²) >= 11 is 0. The van der Waals surface area contributed by atoms with E-state index in [2.05, 4.69) is 20.6 Å². The van der Waals surface area contributed by atoms with E-state index in [4.69, 9.17) is 0 Å². The molecule has 0 fully saturated rings. The smallest absolute Gasteiger partial charge is 0.357 e. The molecule has 0 aliphatic heterocycles. The third kappa shape index (κ3) is 6.77. The number of hydrogen-bond donors (Lipinski definition) is 2. The fourth-order valence-corrected chi connectivity index (χ4v) is 2.07. The van der Waals surface area contributed by atoms with Crippen LogP contribution < -0.4 is 10.6 Å². The number of pyridine rings is 1. The Kier molecular flexibility index (Phi) is 8.76. The molecular weight excluding hydrogens is 463 g/mol. The molecule has 1 aromatic carbocycles. The summed E-state index contributed by atoms with van der Waals surface area (Å²) in [6.45, 7) is 2.58. The van der Waals surface area contributed by atoms with E-state index in [0.717, 1.165) is 12.1 Å². The normalized spacial score (nSPS) is 11.7. The number of hydrogen-bond acceptors (Lipinski definition) is 2. The first kappa shape index (κ1) is 22.1. The Labute approximate surface area is 166 Å². The van der Waals surface area contributed by atoms with E-state index in [1.54, 1.807) is 6.07 Å². The second-order valence-electron chi connectivity index (χ2n) is 5.18. The van der Waals surface area contributed by atoms with Crippen LogP contribution in [0.4, 0.5) is 17.6 Å². The summed E-state index contributed by atoms with van der Waals surface area (Å²) in [5, 5.41) is 5.86. The highest BCUT2D eigenvalue weighted by atomic mass is 127. The van der Waals surface area contributed by atoms with Crippen LogP contribution in [0.2, 0.25) is 0 Å². The van der Waals surface area contributed by atoms with Gasteiger partial charge in [-0.25, -0.2) is 9.38 Å². The zero-order chi connectivity index (χ0) is 18.3. The number of halogens is 5. The zero-order valence-electron chi connectivity index (χ0n) is 14.0. The van der Waals surface area contributed by atoms with Crippen LogP contribution in [-0.2, 0) is 19.3 Å². The van der Waals surface area contributed by atoms with Gasteiger partial charge in [0.1, 0.15) is 5.82 Å². The SMILES string of the molecule is CCNC(=NCc1cccc(C(F)(F)F)c1)NCc1ncccc1F.I. The Morgan fingerprint density at radius 2 is 1.92 bits per heavy atom. The van der Waals surface area contributed by atoms with Gasteiger partial charge >= 0.3 is 6.18 Å². The third-order valence-electron chi connectivity index (χ3n) is 3.28. The number of nitrogens with one attached hydrogen (secondary N) is 2. The number of aliphatic imine (C=N–C) groups is 1. The second kappa shape index (κ2) is 10.3. The van der Waals surface area contributed by atoms with Crippen molar-refractivity contribution >= 4 is 29.9 Å². The summed E-state index contributed by atoms with van der Waals surface area (Å²) in [5.74, 6) is -0.0753. The molecule has 9 heteroatoms. The van der Waals surface area contributed by atoms with Gasteiger partial charge in [0.15, 0.2) is 5.96 Å². The number of guanidine groups is 1. The van der Waals surface area contributed by atoms with Gasteiger partial charge < -0.3 is 10.6 Å². The number of alkyl halides is 3. The van der Waals surface area contributed by atoms with E-state index >= 15 is 0 Å². The van der Waals surface area contributed by atoms with Crippen LogP contribution in [0.1, 0.15) is 23.7 Å². The number of benzene rings is 1. The summed E-state index contributed by atoms with van der Waals surface area (Å²) in [5.41, 5.74) is -0.0584. The van der Waals surface area contributed by atoms with Crippen molar-refractivity contribution in [2.45, 2.75) is 26.2 Å². The molecule has 0 spiro atoms. The lowest BCUT2D eigenvalue weighted by Gasteiger charge is -2.12. The number of rotatable bonds is 5. The van der Waals surface area contributed by atoms with Crippen molar-refractivity contribution < 1.29 is 17.6 Å². The fourth-order valence-electron chi connectivity index (χ4n) is 2.07. The van der Waals surface area contributed by atoms with E-state index in [0.29, 0.717) is 18.1 Å². The topological polar surface area (TPSA) is 49.3 Å². The molecule has 2 N–H and O–H groups in total. The molecule has 2 rings (SSSR count). The average Bonchev–Trinajstić information content (AvgIpc) is 2.58. The molecule has 0 bridgehead atoms. The highest BCUT2D eigenvalue weighted by molar-refractivity contribution is 14.0. The van der Waals surface area contributed by atoms with Crippen molar-refractivity contribution in [2.24, 2.45) is 4.99 Å². The summed E-state index contributed by atoms with van der Waals surface area (Å²) in [6.07, 6.45) is -2.91. The summed E-state index contributed by atoms with van der Waals surface area (Å²) in [4.78, 5) is 8.15. The first-order valence-corrected chi connectivity index (χ1v) is 7.68. The van der Waals surface area contributed by atoms with Gasteiger partial charge in [-0.05, 0) is 36.8 Å². The molecule has 0 atom stereocenters. The molecule has 1 aromatic heterocycles. The Hall–Kier alpha value is -1.91. The molecule has 1 heterocycles. The van der Waals surface area contributed by atoms with Crippen molar-refractivity contribution in [1.82, 2.24) is 15.6 Å². The molecule has 0 radical (unpaired) electrons. The first-order valence-electron chi connectivity index (χ1n) is 7.68. The molecule has 142 valence electrons. The minimum Gasteiger partial charge on any atom is -0.357 e. The number of aromatic nitrogens is 1. The molecule has 4 nitrogen and oxygen atoms in total. The minimum atomic E-state index is -4.39. The standard InChI is InChI=1S/C17H18F4N4.HI/c1-2-22-16(25-11-15-14(18)7-4-8-23-15)24-10-12-5-3-6-13(9-12)17(19,20)21;/h3-9H,2,10-11H2,1H3,(H2,22,24,25);1H. The maximum atomic E-state index is 13.6. The lowest BCUT2D eigenvalue weighted by Crippen LogP contribution is -2.37. The Bertz CT molecular complexity index is 735. The lowest BCUT2D eigenvalue weighted by molar-refractivity contribution is -0.137. The van der Waals surface area contributed by atoms with Crippen LogP contribution in [-0.4, -0.2) is 17.5 Å². The van der Waals surface area contributed by atoms with Crippen molar-refractivity contribution in [3.05, 3.63) is 65.2 Å². The van der Waals surface area contributed by atoms with Crippen molar-refractivity contribution in [1.29, 1.82) is 0 Å².